The lowest BCUT2D eigenvalue weighted by Gasteiger charge is -2.40. The Morgan fingerprint density at radius 3 is 2.13 bits per heavy atom. The van der Waals surface area contributed by atoms with Crippen LogP contribution in [-0.4, -0.2) is 106 Å². The van der Waals surface area contributed by atoms with Crippen LogP contribution in [0.15, 0.2) is 48.5 Å². The lowest BCUT2D eigenvalue weighted by Crippen LogP contribution is -2.60. The van der Waals surface area contributed by atoms with Crippen LogP contribution in [0.4, 0.5) is 0 Å². The largest absolute Gasteiger partial charge is 0.507 e. The average Bonchev–Trinajstić information content (AvgIpc) is 3.02. The van der Waals surface area contributed by atoms with Gasteiger partial charge in [-0.15, -0.1) is 0 Å². The molecule has 1 heterocycles. The molecule has 3 aromatic carbocycles. The Balaban J connectivity index is 1.48. The van der Waals surface area contributed by atoms with Gasteiger partial charge in [0.1, 0.15) is 47.9 Å². The van der Waals surface area contributed by atoms with Gasteiger partial charge in [-0.05, 0) is 5.56 Å². The van der Waals surface area contributed by atoms with E-state index in [1.807, 2.05) is 30.3 Å². The van der Waals surface area contributed by atoms with Crippen molar-refractivity contribution in [3.8, 4) is 40.2 Å². The molecule has 0 amide bonds. The number of phenols is 3. The first-order valence-electron chi connectivity index (χ1n) is 13.4. The molecule has 0 bridgehead atoms. The molecule has 0 spiro atoms. The van der Waals surface area contributed by atoms with E-state index < -0.39 is 83.4 Å². The van der Waals surface area contributed by atoms with Crippen molar-refractivity contribution >= 4 is 11.9 Å². The lowest BCUT2D eigenvalue weighted by molar-refractivity contribution is -0.277. The quantitative estimate of drug-likeness (QED) is 0.139. The lowest BCUT2D eigenvalue weighted by atomic mass is 9.99. The fourth-order valence-corrected chi connectivity index (χ4v) is 4.46. The molecule has 0 aromatic heterocycles. The van der Waals surface area contributed by atoms with Crippen LogP contribution in [0.3, 0.4) is 0 Å². The van der Waals surface area contributed by atoms with Gasteiger partial charge >= 0.3 is 11.9 Å². The number of aliphatic hydroxyl groups is 3. The minimum atomic E-state index is -1.86. The Morgan fingerprint density at radius 2 is 1.49 bits per heavy atom. The number of hydrogen-bond acceptors (Lipinski definition) is 14. The van der Waals surface area contributed by atoms with Crippen molar-refractivity contribution in [1.29, 1.82) is 0 Å². The molecule has 5 unspecified atom stereocenters. The van der Waals surface area contributed by atoms with Gasteiger partial charge in [-0.25, -0.2) is 9.59 Å². The summed E-state index contributed by atoms with van der Waals surface area (Å²) in [6.07, 6.45) is -8.28. The number of aromatic carboxylic acids is 1. The number of aliphatic hydroxyl groups excluding tert-OH is 3. The number of carbonyl (C=O) groups excluding carboxylic acids is 1. The van der Waals surface area contributed by atoms with Crippen molar-refractivity contribution in [3.63, 3.8) is 0 Å². The van der Waals surface area contributed by atoms with Gasteiger partial charge in [0.15, 0.2) is 23.0 Å². The second-order valence-corrected chi connectivity index (χ2v) is 9.79. The molecule has 7 N–H and O–H groups in total. The fraction of sp³-hybridized carbons (Fsp3) is 0.333. The van der Waals surface area contributed by atoms with E-state index in [9.17, 15) is 45.3 Å². The summed E-state index contributed by atoms with van der Waals surface area (Å²) in [4.78, 5) is 24.3. The molecule has 0 radical (unpaired) electrons. The highest BCUT2D eigenvalue weighted by Crippen LogP contribution is 2.46. The maximum atomic E-state index is 13.0. The summed E-state index contributed by atoms with van der Waals surface area (Å²) in [6.45, 7) is -0.700. The van der Waals surface area contributed by atoms with Gasteiger partial charge in [0, 0.05) is 24.6 Å². The smallest absolute Gasteiger partial charge is 0.342 e. The third-order valence-corrected chi connectivity index (χ3v) is 6.92. The number of carboxylic acid groups (broad SMARTS) is 1. The predicted octanol–water partition coefficient (Wildman–Crippen LogP) is 1.18. The van der Waals surface area contributed by atoms with Crippen LogP contribution in [0.2, 0.25) is 0 Å². The van der Waals surface area contributed by atoms with Crippen molar-refractivity contribution in [1.82, 2.24) is 0 Å². The second kappa shape index (κ2) is 14.2. The third kappa shape index (κ3) is 7.24. The Labute approximate surface area is 255 Å². The predicted molar refractivity (Wildman–Crippen MR) is 151 cm³/mol. The molecule has 1 aliphatic heterocycles. The molecule has 15 heteroatoms. The van der Waals surface area contributed by atoms with E-state index in [1.54, 1.807) is 0 Å². The average molecular weight is 633 g/mol. The molecule has 15 nitrogen and oxygen atoms in total. The number of hydrogen-bond donors (Lipinski definition) is 7. The molecule has 242 valence electrons. The zero-order chi connectivity index (χ0) is 32.8. The number of ether oxygens (including phenoxy) is 6. The van der Waals surface area contributed by atoms with Gasteiger partial charge in [-0.1, -0.05) is 30.3 Å². The van der Waals surface area contributed by atoms with E-state index in [0.717, 1.165) is 23.8 Å². The highest BCUT2D eigenvalue weighted by atomic mass is 16.7. The van der Waals surface area contributed by atoms with Crippen LogP contribution < -0.4 is 18.9 Å². The number of esters is 1. The van der Waals surface area contributed by atoms with E-state index in [1.165, 1.54) is 14.2 Å². The fourth-order valence-electron chi connectivity index (χ4n) is 4.46. The van der Waals surface area contributed by atoms with Crippen LogP contribution in [0.25, 0.3) is 0 Å². The molecule has 0 aliphatic carbocycles. The molecule has 5 atom stereocenters. The van der Waals surface area contributed by atoms with Gasteiger partial charge in [0.25, 0.3) is 0 Å². The van der Waals surface area contributed by atoms with Crippen molar-refractivity contribution in [2.75, 3.05) is 27.4 Å². The first-order chi connectivity index (χ1) is 21.5. The second-order valence-electron chi connectivity index (χ2n) is 9.79. The number of rotatable bonds is 12. The molecule has 1 saturated heterocycles. The van der Waals surface area contributed by atoms with E-state index in [-0.39, 0.29) is 23.9 Å². The summed E-state index contributed by atoms with van der Waals surface area (Å²) in [5, 5.41) is 71.9. The third-order valence-electron chi connectivity index (χ3n) is 6.92. The molecular weight excluding hydrogens is 600 g/mol. The SMILES string of the molecule is COc1cc(C(=O)O)c(O)cc1OC1OC(COC(=O)c2cc(OC)c(O)c(OCCc3ccccc3)c2O)C(O)C(O)C1O. The molecule has 0 saturated carbocycles. The minimum Gasteiger partial charge on any atom is -0.507 e. The summed E-state index contributed by atoms with van der Waals surface area (Å²) in [5.41, 5.74) is -0.0349. The van der Waals surface area contributed by atoms with Crippen LogP contribution in [0.1, 0.15) is 26.3 Å². The normalized spacial score (nSPS) is 21.0. The van der Waals surface area contributed by atoms with E-state index in [2.05, 4.69) is 0 Å². The molecule has 1 aliphatic rings. The highest BCUT2D eigenvalue weighted by molar-refractivity contribution is 5.95. The molecule has 1 fully saturated rings. The Bertz CT molecular complexity index is 1510. The molecule has 45 heavy (non-hydrogen) atoms. The van der Waals surface area contributed by atoms with E-state index in [4.69, 9.17) is 28.4 Å². The van der Waals surface area contributed by atoms with Gasteiger partial charge in [0.05, 0.1) is 20.8 Å². The van der Waals surface area contributed by atoms with Crippen LogP contribution in [0, 0.1) is 0 Å². The van der Waals surface area contributed by atoms with Crippen molar-refractivity contribution in [3.05, 3.63) is 65.2 Å². The molecule has 3 aromatic rings. The van der Waals surface area contributed by atoms with Gasteiger partial charge < -0.3 is 64.2 Å². The number of methoxy groups -OCH3 is 2. The molecular formula is C30H32O15. The number of carbonyl (C=O) groups is 2. The van der Waals surface area contributed by atoms with E-state index >= 15 is 0 Å². The summed E-state index contributed by atoms with van der Waals surface area (Å²) in [6, 6.07) is 12.1. The number of benzene rings is 3. The summed E-state index contributed by atoms with van der Waals surface area (Å²) in [5.74, 6) is -5.66. The monoisotopic (exact) mass is 632 g/mol. The first-order valence-corrected chi connectivity index (χ1v) is 13.4. The van der Waals surface area contributed by atoms with Crippen LogP contribution >= 0.6 is 0 Å². The van der Waals surface area contributed by atoms with Gasteiger partial charge in [-0.3, -0.25) is 0 Å². The first kappa shape index (κ1) is 32.9. The Kier molecular flexibility index (Phi) is 10.4. The summed E-state index contributed by atoms with van der Waals surface area (Å²) in [7, 11) is 2.41. The minimum absolute atomic E-state index is 0.0259. The number of aromatic hydroxyl groups is 3. The maximum Gasteiger partial charge on any atom is 0.342 e. The van der Waals surface area contributed by atoms with Crippen molar-refractivity contribution in [2.45, 2.75) is 37.1 Å². The zero-order valence-electron chi connectivity index (χ0n) is 24.0. The van der Waals surface area contributed by atoms with Gasteiger partial charge in [0.2, 0.25) is 17.8 Å². The molecule has 4 rings (SSSR count). The standard InChI is InChI=1S/C30H32O15/c1-40-18-10-15(28(37)38)17(31)12-19(18)44-30-26(36)25(35)23(33)21(45-30)13-43-29(39)16-11-20(41-2)24(34)27(22(16)32)42-9-8-14-6-4-3-5-7-14/h3-7,10-12,21,23,25-26,30-36H,8-9,13H2,1-2H3,(H,37,38). The van der Waals surface area contributed by atoms with Crippen LogP contribution in [-0.2, 0) is 15.9 Å². The van der Waals surface area contributed by atoms with Crippen LogP contribution in [0.5, 0.6) is 40.2 Å². The Hall–Kier alpha value is -4.96. The zero-order valence-corrected chi connectivity index (χ0v) is 24.0. The van der Waals surface area contributed by atoms with E-state index in [0.29, 0.717) is 6.42 Å². The van der Waals surface area contributed by atoms with Crippen molar-refractivity contribution in [2.24, 2.45) is 0 Å². The highest BCUT2D eigenvalue weighted by Gasteiger charge is 2.46. The summed E-state index contributed by atoms with van der Waals surface area (Å²) >= 11 is 0. The Morgan fingerprint density at radius 1 is 0.822 bits per heavy atom. The number of carboxylic acids is 1. The van der Waals surface area contributed by atoms with Crippen molar-refractivity contribution < 1.29 is 73.8 Å². The maximum absolute atomic E-state index is 13.0. The number of phenolic OH excluding ortho intramolecular Hbond substituents is 2. The summed E-state index contributed by atoms with van der Waals surface area (Å²) < 4.78 is 32.0. The topological polar surface area (TPSA) is 231 Å². The van der Waals surface area contributed by atoms with Gasteiger partial charge in [-0.2, -0.15) is 0 Å².